The Balaban J connectivity index is 1.52. The number of fused-ring (bicyclic) bond motifs is 3. The molecule has 3 aromatic rings. The quantitative estimate of drug-likeness (QED) is 0.745. The van der Waals surface area contributed by atoms with Crippen LogP contribution in [-0.2, 0) is 4.79 Å². The Bertz CT molecular complexity index is 937. The van der Waals surface area contributed by atoms with Gasteiger partial charge in [-0.15, -0.1) is 0 Å². The normalized spacial score (nSPS) is 23.0. The number of nitrogens with one attached hydrogen (secondary N) is 1. The largest absolute Gasteiger partial charge is 0.345 e. The molecule has 2 aliphatic rings. The van der Waals surface area contributed by atoms with Crippen molar-refractivity contribution in [2.45, 2.75) is 37.1 Å². The Kier molecular flexibility index (Phi) is 2.79. The fourth-order valence-electron chi connectivity index (χ4n) is 3.85. The highest BCUT2D eigenvalue weighted by atomic mass is 16.2. The number of carbonyl (C=O) groups excluding carboxylic acids is 1. The molecule has 1 saturated carbocycles. The summed E-state index contributed by atoms with van der Waals surface area (Å²) in [6, 6.07) is 2.02. The van der Waals surface area contributed by atoms with E-state index in [1.54, 1.807) is 6.20 Å². The first-order valence-electron chi connectivity index (χ1n) is 8.53. The molecule has 2 fully saturated rings. The van der Waals surface area contributed by atoms with Crippen molar-refractivity contribution in [1.29, 1.82) is 0 Å². The van der Waals surface area contributed by atoms with Gasteiger partial charge in [-0.3, -0.25) is 9.20 Å². The smallest absolute Gasteiger partial charge is 0.242 e. The molecule has 1 atom stereocenters. The van der Waals surface area contributed by atoms with E-state index in [1.165, 1.54) is 0 Å². The topological polar surface area (TPSA) is 92.3 Å². The molecule has 4 heterocycles. The number of aromatic nitrogens is 4. The minimum atomic E-state index is -0.584. The summed E-state index contributed by atoms with van der Waals surface area (Å²) in [4.78, 5) is 26.6. The summed E-state index contributed by atoms with van der Waals surface area (Å²) in [5.41, 5.74) is 9.41. The minimum absolute atomic E-state index is 0.120. The fraction of sp³-hybridized carbons (Fsp3) is 0.471. The second-order valence-electron chi connectivity index (χ2n) is 7.09. The average molecular weight is 324 g/mol. The van der Waals surface area contributed by atoms with Crippen LogP contribution in [0.4, 0.5) is 0 Å². The summed E-state index contributed by atoms with van der Waals surface area (Å²) in [7, 11) is 0. The van der Waals surface area contributed by atoms with E-state index in [-0.39, 0.29) is 11.8 Å². The molecule has 1 amide bonds. The molecule has 1 aliphatic heterocycles. The third-order valence-corrected chi connectivity index (χ3v) is 5.41. The number of amides is 1. The second kappa shape index (κ2) is 4.80. The molecule has 0 spiro atoms. The summed E-state index contributed by atoms with van der Waals surface area (Å²) < 4.78 is 2.16. The van der Waals surface area contributed by atoms with E-state index >= 15 is 0 Å². The molecule has 24 heavy (non-hydrogen) atoms. The third-order valence-electron chi connectivity index (χ3n) is 5.41. The average Bonchev–Trinajstić information content (AvgIpc) is 3.03. The van der Waals surface area contributed by atoms with E-state index < -0.39 is 5.54 Å². The molecule has 1 saturated heterocycles. The maximum atomic E-state index is 12.6. The first-order chi connectivity index (χ1) is 11.7. The van der Waals surface area contributed by atoms with Crippen molar-refractivity contribution >= 4 is 22.7 Å². The lowest BCUT2D eigenvalue weighted by molar-refractivity contribution is -0.134. The van der Waals surface area contributed by atoms with Gasteiger partial charge in [-0.05, 0) is 31.7 Å². The number of piperidine rings is 1. The van der Waals surface area contributed by atoms with E-state index in [4.69, 9.17) is 5.73 Å². The van der Waals surface area contributed by atoms with Crippen LogP contribution < -0.4 is 5.73 Å². The molecule has 7 heteroatoms. The van der Waals surface area contributed by atoms with Gasteiger partial charge in [0.05, 0.1) is 17.3 Å². The van der Waals surface area contributed by atoms with Crippen molar-refractivity contribution in [3.8, 4) is 0 Å². The molecule has 124 valence electrons. The van der Waals surface area contributed by atoms with E-state index in [9.17, 15) is 4.79 Å². The molecular formula is C17H20N6O. The van der Waals surface area contributed by atoms with Gasteiger partial charge in [-0.1, -0.05) is 0 Å². The van der Waals surface area contributed by atoms with Gasteiger partial charge in [0, 0.05) is 37.1 Å². The van der Waals surface area contributed by atoms with Crippen molar-refractivity contribution in [3.05, 3.63) is 30.4 Å². The van der Waals surface area contributed by atoms with E-state index in [2.05, 4.69) is 19.4 Å². The van der Waals surface area contributed by atoms with Crippen molar-refractivity contribution in [2.24, 2.45) is 5.73 Å². The number of nitrogens with zero attached hydrogens (tertiary/aromatic N) is 4. The lowest BCUT2D eigenvalue weighted by Gasteiger charge is -2.34. The zero-order valence-corrected chi connectivity index (χ0v) is 13.4. The van der Waals surface area contributed by atoms with Crippen LogP contribution in [0.2, 0.25) is 0 Å². The van der Waals surface area contributed by atoms with Crippen LogP contribution in [-0.4, -0.2) is 48.8 Å². The van der Waals surface area contributed by atoms with E-state index in [0.29, 0.717) is 0 Å². The van der Waals surface area contributed by atoms with Crippen LogP contribution in [0, 0.1) is 0 Å². The maximum Gasteiger partial charge on any atom is 0.242 e. The molecule has 0 unspecified atom stereocenters. The fourth-order valence-corrected chi connectivity index (χ4v) is 3.85. The van der Waals surface area contributed by atoms with Crippen LogP contribution >= 0.6 is 0 Å². The van der Waals surface area contributed by atoms with Crippen LogP contribution in [0.1, 0.15) is 37.3 Å². The number of nitrogens with two attached hydrogens (primary N) is 1. The zero-order chi connectivity index (χ0) is 16.3. The molecule has 1 aliphatic carbocycles. The number of hydrogen-bond acceptors (Lipinski definition) is 4. The van der Waals surface area contributed by atoms with Crippen molar-refractivity contribution in [2.75, 3.05) is 13.1 Å². The number of H-pyrrole nitrogens is 1. The van der Waals surface area contributed by atoms with Crippen molar-refractivity contribution < 1.29 is 4.79 Å². The van der Waals surface area contributed by atoms with Gasteiger partial charge in [-0.25, -0.2) is 9.97 Å². The van der Waals surface area contributed by atoms with Gasteiger partial charge in [0.25, 0.3) is 0 Å². The number of hydrogen-bond donors (Lipinski definition) is 2. The molecule has 3 aromatic heterocycles. The highest BCUT2D eigenvalue weighted by molar-refractivity contribution is 5.89. The summed E-state index contributed by atoms with van der Waals surface area (Å²) in [5, 5.41) is 0. The summed E-state index contributed by atoms with van der Waals surface area (Å²) >= 11 is 0. The van der Waals surface area contributed by atoms with Crippen LogP contribution in [0.5, 0.6) is 0 Å². The lowest BCUT2D eigenvalue weighted by Crippen LogP contribution is -2.49. The van der Waals surface area contributed by atoms with Crippen LogP contribution in [0.25, 0.3) is 16.8 Å². The van der Waals surface area contributed by atoms with E-state index in [1.807, 2.05) is 23.4 Å². The number of rotatable bonds is 2. The highest BCUT2D eigenvalue weighted by Gasteiger charge is 2.48. The number of imidazole rings is 1. The summed E-state index contributed by atoms with van der Waals surface area (Å²) in [6.45, 7) is 1.53. The van der Waals surface area contributed by atoms with E-state index in [0.717, 1.165) is 61.3 Å². The Morgan fingerprint density at radius 2 is 2.21 bits per heavy atom. The molecule has 5 rings (SSSR count). The van der Waals surface area contributed by atoms with Gasteiger partial charge in [0.15, 0.2) is 11.3 Å². The lowest BCUT2D eigenvalue weighted by atomic mass is 9.94. The van der Waals surface area contributed by atoms with Gasteiger partial charge < -0.3 is 15.6 Å². The Morgan fingerprint density at radius 1 is 1.33 bits per heavy atom. The van der Waals surface area contributed by atoms with Gasteiger partial charge in [0.2, 0.25) is 5.91 Å². The number of likely N-dealkylation sites (tertiary alicyclic amines) is 1. The zero-order valence-electron chi connectivity index (χ0n) is 13.4. The first-order valence-corrected chi connectivity index (χ1v) is 8.53. The van der Waals surface area contributed by atoms with Crippen LogP contribution in [0.3, 0.4) is 0 Å². The first kappa shape index (κ1) is 14.0. The van der Waals surface area contributed by atoms with Crippen molar-refractivity contribution in [3.63, 3.8) is 0 Å². The summed E-state index contributed by atoms with van der Waals surface area (Å²) in [6.07, 6.45) is 9.30. The molecular weight excluding hydrogens is 304 g/mol. The van der Waals surface area contributed by atoms with Crippen molar-refractivity contribution in [1.82, 2.24) is 24.3 Å². The number of aromatic amines is 1. The SMILES string of the molecule is NC1(C(=O)N2CCC[C@@H](c3cnc4cnc5[nH]ccc5n34)C2)CC1. The molecule has 3 N–H and O–H groups in total. The number of carbonyl (C=O) groups is 1. The van der Waals surface area contributed by atoms with Crippen LogP contribution in [0.15, 0.2) is 24.7 Å². The predicted octanol–water partition coefficient (Wildman–Crippen LogP) is 1.41. The van der Waals surface area contributed by atoms with Gasteiger partial charge in [-0.2, -0.15) is 0 Å². The Morgan fingerprint density at radius 3 is 3.04 bits per heavy atom. The Labute approximate surface area is 138 Å². The minimum Gasteiger partial charge on any atom is -0.345 e. The van der Waals surface area contributed by atoms with Gasteiger partial charge >= 0.3 is 0 Å². The third kappa shape index (κ3) is 1.97. The Hall–Kier alpha value is -2.41. The predicted molar refractivity (Wildman–Crippen MR) is 89.6 cm³/mol. The maximum absolute atomic E-state index is 12.6. The molecule has 7 nitrogen and oxygen atoms in total. The van der Waals surface area contributed by atoms with Gasteiger partial charge in [0.1, 0.15) is 0 Å². The monoisotopic (exact) mass is 324 g/mol. The molecule has 0 radical (unpaired) electrons. The summed E-state index contributed by atoms with van der Waals surface area (Å²) in [5.74, 6) is 0.398. The highest BCUT2D eigenvalue weighted by Crippen LogP contribution is 2.37. The second-order valence-corrected chi connectivity index (χ2v) is 7.09. The molecule has 0 aromatic carbocycles. The standard InChI is InChI=1S/C17H20N6O/c18-17(4-5-17)16(24)22-7-1-2-11(10-22)13-8-20-14-9-21-15-12(23(13)14)3-6-19-15/h3,6,8-9,11,19H,1-2,4-5,7,10,18H2/t11-/m1/s1. The molecule has 0 bridgehead atoms.